The minimum absolute atomic E-state index is 0.0665. The van der Waals surface area contributed by atoms with Crippen LogP contribution >= 0.6 is 0 Å². The molecule has 0 aliphatic heterocycles. The molecule has 1 N–H and O–H groups in total. The van der Waals surface area contributed by atoms with Crippen molar-refractivity contribution in [1.82, 2.24) is 4.57 Å². The lowest BCUT2D eigenvalue weighted by Crippen LogP contribution is -2.16. The van der Waals surface area contributed by atoms with E-state index in [0.29, 0.717) is 11.4 Å². The second-order valence-electron chi connectivity index (χ2n) is 4.34. The fraction of sp³-hybridized carbons (Fsp3) is 0.125. The molecule has 0 saturated heterocycles. The molecule has 1 aromatic carbocycles. The van der Waals surface area contributed by atoms with E-state index in [1.165, 1.54) is 7.11 Å². The molecule has 0 aliphatic carbocycles. The standard InChI is InChI=1S/C16H15N3O2/c1-19-10-6-9-14(19)15(21-2)13(11-17)16(20)18-12-7-4-3-5-8-12/h3-10H,1-2H3,(H,18,20). The molecule has 0 aliphatic rings. The highest BCUT2D eigenvalue weighted by Gasteiger charge is 2.19. The Labute approximate surface area is 123 Å². The van der Waals surface area contributed by atoms with Gasteiger partial charge in [0, 0.05) is 18.9 Å². The number of hydrogen-bond acceptors (Lipinski definition) is 3. The number of carbonyl (C=O) groups is 1. The third-order valence-corrected chi connectivity index (χ3v) is 2.98. The first-order valence-electron chi connectivity index (χ1n) is 6.34. The van der Waals surface area contributed by atoms with Crippen molar-refractivity contribution in [2.75, 3.05) is 12.4 Å². The average Bonchev–Trinajstić information content (AvgIpc) is 2.91. The number of nitrogens with one attached hydrogen (secondary N) is 1. The number of carbonyl (C=O) groups excluding carboxylic acids is 1. The summed E-state index contributed by atoms with van der Waals surface area (Å²) >= 11 is 0. The first kappa shape index (κ1) is 14.4. The fourth-order valence-corrected chi connectivity index (χ4v) is 1.95. The Morgan fingerprint density at radius 3 is 2.48 bits per heavy atom. The van der Waals surface area contributed by atoms with E-state index in [0.717, 1.165) is 0 Å². The molecule has 0 saturated carbocycles. The quantitative estimate of drug-likeness (QED) is 0.532. The summed E-state index contributed by atoms with van der Waals surface area (Å²) in [6.07, 6.45) is 1.82. The van der Waals surface area contributed by atoms with Crippen molar-refractivity contribution in [3.8, 4) is 6.07 Å². The third-order valence-electron chi connectivity index (χ3n) is 2.98. The molecule has 2 rings (SSSR count). The van der Waals surface area contributed by atoms with Gasteiger partial charge in [-0.2, -0.15) is 5.26 Å². The molecule has 2 aromatic rings. The molecule has 106 valence electrons. The molecule has 0 atom stereocenters. The highest BCUT2D eigenvalue weighted by Crippen LogP contribution is 2.20. The van der Waals surface area contributed by atoms with Gasteiger partial charge in [0.1, 0.15) is 6.07 Å². The van der Waals surface area contributed by atoms with Crippen molar-refractivity contribution in [3.05, 3.63) is 59.9 Å². The molecule has 0 spiro atoms. The zero-order valence-corrected chi connectivity index (χ0v) is 11.8. The molecule has 1 aromatic heterocycles. The number of amides is 1. The number of methoxy groups -OCH3 is 1. The predicted molar refractivity (Wildman–Crippen MR) is 80.0 cm³/mol. The van der Waals surface area contributed by atoms with E-state index in [4.69, 9.17) is 4.74 Å². The lowest BCUT2D eigenvalue weighted by Gasteiger charge is -2.11. The summed E-state index contributed by atoms with van der Waals surface area (Å²) in [7, 11) is 3.26. The Morgan fingerprint density at radius 1 is 1.24 bits per heavy atom. The van der Waals surface area contributed by atoms with Crippen LogP contribution in [0, 0.1) is 11.3 Å². The number of nitrogens with zero attached hydrogens (tertiary/aromatic N) is 2. The molecule has 0 unspecified atom stereocenters. The van der Waals surface area contributed by atoms with Gasteiger partial charge in [-0.25, -0.2) is 0 Å². The first-order chi connectivity index (χ1) is 10.2. The van der Waals surface area contributed by atoms with Gasteiger partial charge >= 0.3 is 0 Å². The minimum atomic E-state index is -0.498. The van der Waals surface area contributed by atoms with Crippen molar-refractivity contribution in [3.63, 3.8) is 0 Å². The summed E-state index contributed by atoms with van der Waals surface area (Å²) in [6, 6.07) is 14.5. The number of benzene rings is 1. The minimum Gasteiger partial charge on any atom is -0.493 e. The largest absolute Gasteiger partial charge is 0.493 e. The highest BCUT2D eigenvalue weighted by molar-refractivity contribution is 6.10. The van der Waals surface area contributed by atoms with Crippen molar-refractivity contribution < 1.29 is 9.53 Å². The van der Waals surface area contributed by atoms with Gasteiger partial charge in [-0.3, -0.25) is 4.79 Å². The first-order valence-corrected chi connectivity index (χ1v) is 6.34. The number of para-hydroxylation sites is 1. The van der Waals surface area contributed by atoms with Crippen LogP contribution in [0.25, 0.3) is 5.76 Å². The van der Waals surface area contributed by atoms with Crippen LogP contribution in [0.3, 0.4) is 0 Å². The topological polar surface area (TPSA) is 67.0 Å². The Kier molecular flexibility index (Phi) is 4.42. The third kappa shape index (κ3) is 3.12. The maximum atomic E-state index is 12.3. The number of rotatable bonds is 4. The Bertz CT molecular complexity index is 709. The van der Waals surface area contributed by atoms with Crippen molar-refractivity contribution >= 4 is 17.4 Å². The zero-order chi connectivity index (χ0) is 15.2. The summed E-state index contributed by atoms with van der Waals surface area (Å²) in [5, 5.41) is 12.0. The average molecular weight is 281 g/mol. The molecule has 0 bridgehead atoms. The van der Waals surface area contributed by atoms with Crippen LogP contribution in [0.4, 0.5) is 5.69 Å². The maximum absolute atomic E-state index is 12.3. The molecule has 0 fully saturated rings. The maximum Gasteiger partial charge on any atom is 0.270 e. The highest BCUT2D eigenvalue weighted by atomic mass is 16.5. The number of ether oxygens (including phenoxy) is 1. The number of anilines is 1. The van der Waals surface area contributed by atoms with E-state index < -0.39 is 5.91 Å². The molecule has 5 nitrogen and oxygen atoms in total. The Hall–Kier alpha value is -3.00. The van der Waals surface area contributed by atoms with E-state index in [2.05, 4.69) is 5.32 Å². The van der Waals surface area contributed by atoms with Gasteiger partial charge in [-0.15, -0.1) is 0 Å². The van der Waals surface area contributed by atoms with Crippen LogP contribution in [-0.4, -0.2) is 17.6 Å². The van der Waals surface area contributed by atoms with Crippen LogP contribution in [0.15, 0.2) is 54.2 Å². The van der Waals surface area contributed by atoms with Gasteiger partial charge in [0.15, 0.2) is 11.3 Å². The number of nitriles is 1. The van der Waals surface area contributed by atoms with Crippen LogP contribution in [0.5, 0.6) is 0 Å². The van der Waals surface area contributed by atoms with Crippen LogP contribution in [0.2, 0.25) is 0 Å². The van der Waals surface area contributed by atoms with Gasteiger partial charge < -0.3 is 14.6 Å². The van der Waals surface area contributed by atoms with E-state index in [1.807, 2.05) is 31.4 Å². The van der Waals surface area contributed by atoms with Crippen molar-refractivity contribution in [1.29, 1.82) is 5.26 Å². The monoisotopic (exact) mass is 281 g/mol. The number of aromatic nitrogens is 1. The van der Waals surface area contributed by atoms with E-state index in [-0.39, 0.29) is 11.3 Å². The molecule has 1 amide bonds. The van der Waals surface area contributed by atoms with Crippen LogP contribution < -0.4 is 5.32 Å². The molecule has 5 heteroatoms. The SMILES string of the molecule is COC(=C(C#N)C(=O)Nc1ccccc1)c1cccn1C. The summed E-state index contributed by atoms with van der Waals surface area (Å²) < 4.78 is 7.05. The van der Waals surface area contributed by atoms with E-state index in [9.17, 15) is 10.1 Å². The van der Waals surface area contributed by atoms with Crippen molar-refractivity contribution in [2.45, 2.75) is 0 Å². The Balaban J connectivity index is 2.37. The second-order valence-corrected chi connectivity index (χ2v) is 4.34. The Morgan fingerprint density at radius 2 is 1.95 bits per heavy atom. The summed E-state index contributed by atoms with van der Waals surface area (Å²) in [5.41, 5.74) is 1.22. The summed E-state index contributed by atoms with van der Waals surface area (Å²) in [5.74, 6) is -0.250. The zero-order valence-electron chi connectivity index (χ0n) is 11.8. The normalized spacial score (nSPS) is 11.3. The van der Waals surface area contributed by atoms with Gasteiger partial charge in [0.05, 0.1) is 12.8 Å². The van der Waals surface area contributed by atoms with E-state index >= 15 is 0 Å². The molecular formula is C16H15N3O2. The van der Waals surface area contributed by atoms with Gasteiger partial charge in [0.25, 0.3) is 5.91 Å². The molecule has 1 heterocycles. The van der Waals surface area contributed by atoms with Gasteiger partial charge in [-0.1, -0.05) is 18.2 Å². The van der Waals surface area contributed by atoms with Crippen LogP contribution in [0.1, 0.15) is 5.69 Å². The lowest BCUT2D eigenvalue weighted by molar-refractivity contribution is -0.112. The molecule has 0 radical (unpaired) electrons. The van der Waals surface area contributed by atoms with Gasteiger partial charge in [0.2, 0.25) is 0 Å². The smallest absolute Gasteiger partial charge is 0.270 e. The fourth-order valence-electron chi connectivity index (χ4n) is 1.95. The van der Waals surface area contributed by atoms with Gasteiger partial charge in [-0.05, 0) is 24.3 Å². The number of hydrogen-bond donors (Lipinski definition) is 1. The predicted octanol–water partition coefficient (Wildman–Crippen LogP) is 2.54. The second kappa shape index (κ2) is 6.44. The number of aryl methyl sites for hydroxylation is 1. The molecule has 21 heavy (non-hydrogen) atoms. The summed E-state index contributed by atoms with van der Waals surface area (Å²) in [4.78, 5) is 12.3. The van der Waals surface area contributed by atoms with E-state index in [1.54, 1.807) is 34.9 Å². The summed E-state index contributed by atoms with van der Waals surface area (Å²) in [6.45, 7) is 0. The van der Waals surface area contributed by atoms with Crippen LogP contribution in [-0.2, 0) is 16.6 Å². The molecular weight excluding hydrogens is 266 g/mol. The lowest BCUT2D eigenvalue weighted by atomic mass is 10.1. The van der Waals surface area contributed by atoms with Crippen molar-refractivity contribution in [2.24, 2.45) is 7.05 Å².